The summed E-state index contributed by atoms with van der Waals surface area (Å²) in [5.41, 5.74) is -0.702. The molecular formula is C6H11B2O6P. The Hall–Kier alpha value is -0.580. The zero-order valence-electron chi connectivity index (χ0n) is 8.76. The highest BCUT2D eigenvalue weighted by Crippen LogP contribution is 2.45. The summed E-state index contributed by atoms with van der Waals surface area (Å²) >= 11 is 0. The van der Waals surface area contributed by atoms with Crippen LogP contribution in [0.3, 0.4) is 0 Å². The Bertz CT molecular complexity index is 248. The van der Waals surface area contributed by atoms with Crippen LogP contribution in [0.4, 0.5) is 4.79 Å². The maximum Gasteiger partial charge on any atom is 0.336 e. The molecule has 0 aliphatic rings. The SMILES string of the molecule is [B]C(=O)CP(=O)(OC)OC.[B]C(=O)OC. The van der Waals surface area contributed by atoms with Crippen molar-refractivity contribution in [1.82, 2.24) is 0 Å². The highest BCUT2D eigenvalue weighted by molar-refractivity contribution is 7.55. The molecule has 0 saturated heterocycles. The average Bonchev–Trinajstić information content (AvgIpc) is 2.17. The Morgan fingerprint density at radius 3 is 1.53 bits per heavy atom. The summed E-state index contributed by atoms with van der Waals surface area (Å²) in [6, 6.07) is 0. The van der Waals surface area contributed by atoms with Crippen LogP contribution in [0.15, 0.2) is 0 Å². The van der Waals surface area contributed by atoms with Crippen molar-refractivity contribution in [3.63, 3.8) is 0 Å². The van der Waals surface area contributed by atoms with Crippen LogP contribution in [0.1, 0.15) is 0 Å². The lowest BCUT2D eigenvalue weighted by molar-refractivity contribution is -0.109. The molecular weight excluding hydrogens is 221 g/mol. The maximum atomic E-state index is 11.0. The van der Waals surface area contributed by atoms with Crippen molar-refractivity contribution in [2.24, 2.45) is 0 Å². The third kappa shape index (κ3) is 11.3. The number of rotatable bonds is 4. The maximum absolute atomic E-state index is 11.0. The standard InChI is InChI=1S/C4H8BO4P.C2H3BO2/c1-8-10(7,9-2)3-4(5)6;1-5-2(3)4/h3H2,1-2H3;1H3. The Kier molecular flexibility index (Phi) is 9.77. The molecule has 6 nitrogen and oxygen atoms in total. The van der Waals surface area contributed by atoms with Gasteiger partial charge in [-0.1, -0.05) is 0 Å². The smallest absolute Gasteiger partial charge is 0.336 e. The van der Waals surface area contributed by atoms with E-state index in [2.05, 4.69) is 21.6 Å². The first kappa shape index (κ1) is 16.8. The average molecular weight is 232 g/mol. The molecule has 0 aliphatic carbocycles. The van der Waals surface area contributed by atoms with Gasteiger partial charge < -0.3 is 18.6 Å². The van der Waals surface area contributed by atoms with Gasteiger partial charge >= 0.3 is 7.60 Å². The topological polar surface area (TPSA) is 78.9 Å². The van der Waals surface area contributed by atoms with Gasteiger partial charge in [-0.3, -0.25) is 9.36 Å². The summed E-state index contributed by atoms with van der Waals surface area (Å²) in [5.74, 6) is -0.745. The van der Waals surface area contributed by atoms with Gasteiger partial charge in [0, 0.05) is 14.2 Å². The second-order valence-corrected chi connectivity index (χ2v) is 4.39. The number of carbonyl (C=O) groups is 2. The molecule has 0 N–H and O–H groups in total. The molecule has 15 heavy (non-hydrogen) atoms. The second-order valence-electron chi connectivity index (χ2n) is 2.12. The van der Waals surface area contributed by atoms with E-state index in [-0.39, 0.29) is 6.16 Å². The molecule has 0 aromatic heterocycles. The molecule has 0 bridgehead atoms. The molecule has 0 saturated carbocycles. The molecule has 82 valence electrons. The lowest BCUT2D eigenvalue weighted by Crippen LogP contribution is -2.06. The van der Waals surface area contributed by atoms with Crippen LogP contribution in [-0.2, 0) is 23.1 Å². The van der Waals surface area contributed by atoms with Gasteiger partial charge in [0.2, 0.25) is 13.7 Å². The van der Waals surface area contributed by atoms with Crippen LogP contribution in [0, 0.1) is 0 Å². The van der Waals surface area contributed by atoms with E-state index in [0.717, 1.165) is 0 Å². The van der Waals surface area contributed by atoms with Crippen LogP contribution >= 0.6 is 7.60 Å². The largest absolute Gasteiger partial charge is 0.478 e. The fourth-order valence-corrected chi connectivity index (χ4v) is 1.18. The van der Waals surface area contributed by atoms with Crippen molar-refractivity contribution in [2.45, 2.75) is 0 Å². The molecule has 0 aromatic carbocycles. The Labute approximate surface area is 91.0 Å². The molecule has 0 unspecified atom stereocenters. The van der Waals surface area contributed by atoms with E-state index >= 15 is 0 Å². The van der Waals surface area contributed by atoms with Gasteiger partial charge in [0.25, 0.3) is 0 Å². The molecule has 0 spiro atoms. The van der Waals surface area contributed by atoms with E-state index < -0.39 is 19.1 Å². The van der Waals surface area contributed by atoms with Gasteiger partial charge in [-0.25, -0.2) is 0 Å². The molecule has 0 aliphatic heterocycles. The van der Waals surface area contributed by atoms with Crippen molar-refractivity contribution >= 4 is 34.8 Å². The van der Waals surface area contributed by atoms with E-state index in [0.29, 0.717) is 0 Å². The Balaban J connectivity index is 0. The molecule has 0 fully saturated rings. The molecule has 0 heterocycles. The van der Waals surface area contributed by atoms with Crippen molar-refractivity contribution in [2.75, 3.05) is 27.5 Å². The number of hydrogen-bond acceptors (Lipinski definition) is 6. The summed E-state index contributed by atoms with van der Waals surface area (Å²) in [7, 11) is 9.61. The highest BCUT2D eigenvalue weighted by atomic mass is 31.2. The minimum absolute atomic E-state index is 0.375. The first-order valence-electron chi connectivity index (χ1n) is 3.63. The third-order valence-corrected chi connectivity index (χ3v) is 2.92. The molecule has 9 heteroatoms. The number of carbonyl (C=O) groups excluding carboxylic acids is 2. The van der Waals surface area contributed by atoms with Crippen molar-refractivity contribution in [1.29, 1.82) is 0 Å². The molecule has 0 aromatic rings. The van der Waals surface area contributed by atoms with Crippen LogP contribution in [0.2, 0.25) is 0 Å². The highest BCUT2D eigenvalue weighted by Gasteiger charge is 2.22. The van der Waals surface area contributed by atoms with E-state index in [1.807, 2.05) is 0 Å². The zero-order valence-corrected chi connectivity index (χ0v) is 9.65. The minimum Gasteiger partial charge on any atom is -0.478 e. The third-order valence-electron chi connectivity index (χ3n) is 1.11. The van der Waals surface area contributed by atoms with E-state index in [1.54, 1.807) is 0 Å². The molecule has 0 atom stereocenters. The van der Waals surface area contributed by atoms with Crippen molar-refractivity contribution in [3.05, 3.63) is 0 Å². The van der Waals surface area contributed by atoms with Gasteiger partial charge in [-0.05, 0) is 0 Å². The minimum atomic E-state index is -3.21. The number of methoxy groups -OCH3 is 1. The quantitative estimate of drug-likeness (QED) is 0.504. The van der Waals surface area contributed by atoms with Gasteiger partial charge in [0.15, 0.2) is 7.85 Å². The number of ether oxygens (including phenoxy) is 1. The fraction of sp³-hybridized carbons (Fsp3) is 0.667. The summed E-state index contributed by atoms with van der Waals surface area (Å²) in [5, 5.41) is 0. The summed E-state index contributed by atoms with van der Waals surface area (Å²) in [6.45, 7) is 0. The van der Waals surface area contributed by atoms with Crippen LogP contribution < -0.4 is 0 Å². The van der Waals surface area contributed by atoms with E-state index in [4.69, 9.17) is 7.85 Å². The first-order chi connectivity index (χ1) is 6.81. The lowest BCUT2D eigenvalue weighted by Gasteiger charge is -2.10. The lowest BCUT2D eigenvalue weighted by atomic mass is 10.1. The van der Waals surface area contributed by atoms with Crippen LogP contribution in [0.25, 0.3) is 0 Å². The van der Waals surface area contributed by atoms with Gasteiger partial charge in [-0.2, -0.15) is 0 Å². The van der Waals surface area contributed by atoms with Gasteiger partial charge in [0.1, 0.15) is 0 Å². The summed E-state index contributed by atoms with van der Waals surface area (Å²) < 4.78 is 23.8. The predicted octanol–water partition coefficient (Wildman–Crippen LogP) is 0.0887. The summed E-state index contributed by atoms with van der Waals surface area (Å²) in [4.78, 5) is 19.6. The molecule has 4 radical (unpaired) electrons. The molecule has 0 amide bonds. The normalized spacial score (nSPS) is 9.80. The Morgan fingerprint density at radius 2 is 1.47 bits per heavy atom. The predicted molar refractivity (Wildman–Crippen MR) is 55.4 cm³/mol. The van der Waals surface area contributed by atoms with Crippen molar-refractivity contribution < 1.29 is 27.9 Å². The van der Waals surface area contributed by atoms with Gasteiger partial charge in [0.05, 0.1) is 19.0 Å². The number of hydrogen-bond donors (Lipinski definition) is 0. The van der Waals surface area contributed by atoms with Crippen LogP contribution in [-0.4, -0.2) is 54.7 Å². The first-order valence-corrected chi connectivity index (χ1v) is 5.36. The van der Waals surface area contributed by atoms with E-state index in [1.165, 1.54) is 21.3 Å². The summed E-state index contributed by atoms with van der Waals surface area (Å²) in [6.07, 6.45) is -0.375. The van der Waals surface area contributed by atoms with E-state index in [9.17, 15) is 14.2 Å². The molecule has 0 rings (SSSR count). The zero-order chi connectivity index (χ0) is 12.5. The van der Waals surface area contributed by atoms with Crippen LogP contribution in [0.5, 0.6) is 0 Å². The fourth-order valence-electron chi connectivity index (χ4n) is 0.394. The van der Waals surface area contributed by atoms with Crippen molar-refractivity contribution in [3.8, 4) is 0 Å². The Morgan fingerprint density at radius 1 is 1.13 bits per heavy atom. The van der Waals surface area contributed by atoms with Gasteiger partial charge in [-0.15, -0.1) is 0 Å². The second kappa shape index (κ2) is 8.71. The monoisotopic (exact) mass is 232 g/mol.